The molecule has 9 nitrogen and oxygen atoms in total. The number of hydrogen-bond acceptors (Lipinski definition) is 6. The number of nitro groups is 1. The van der Waals surface area contributed by atoms with Crippen LogP contribution in [-0.2, 0) is 19.6 Å². The molecule has 2 aromatic rings. The van der Waals surface area contributed by atoms with Crippen LogP contribution in [0.25, 0.3) is 6.08 Å². The molecular formula is C17H15N3O6S. The molecule has 0 fully saturated rings. The van der Waals surface area contributed by atoms with Crippen LogP contribution in [0.5, 0.6) is 0 Å². The van der Waals surface area contributed by atoms with E-state index in [0.29, 0.717) is 11.3 Å². The Kier molecular flexibility index (Phi) is 6.03. The van der Waals surface area contributed by atoms with Crippen LogP contribution in [0.3, 0.4) is 0 Å². The van der Waals surface area contributed by atoms with Gasteiger partial charge >= 0.3 is 0 Å². The lowest BCUT2D eigenvalue weighted by atomic mass is 10.2. The number of amides is 2. The van der Waals surface area contributed by atoms with Crippen LogP contribution in [0.2, 0.25) is 0 Å². The first-order chi connectivity index (χ1) is 12.7. The summed E-state index contributed by atoms with van der Waals surface area (Å²) in [5.41, 5.74) is 0.911. The maximum absolute atomic E-state index is 11.9. The lowest BCUT2D eigenvalue weighted by Crippen LogP contribution is -2.28. The molecule has 140 valence electrons. The minimum absolute atomic E-state index is 0.0501. The summed E-state index contributed by atoms with van der Waals surface area (Å²) in [6.07, 6.45) is 2.72. The molecule has 2 rings (SSSR count). The summed E-state index contributed by atoms with van der Waals surface area (Å²) < 4.78 is 25.5. The van der Waals surface area contributed by atoms with Crippen molar-refractivity contribution in [1.82, 2.24) is 4.72 Å². The number of carbonyl (C=O) groups excluding carboxylic acids is 2. The third-order valence-corrected chi connectivity index (χ3v) is 4.69. The van der Waals surface area contributed by atoms with Crippen molar-refractivity contribution in [3.8, 4) is 0 Å². The molecule has 0 saturated carbocycles. The molecule has 0 aliphatic heterocycles. The number of anilines is 1. The van der Waals surface area contributed by atoms with Crippen molar-refractivity contribution in [2.24, 2.45) is 0 Å². The predicted molar refractivity (Wildman–Crippen MR) is 98.2 cm³/mol. The number of nitrogens with zero attached hydrogens (tertiary/aromatic N) is 1. The Morgan fingerprint density at radius 2 is 1.63 bits per heavy atom. The molecular weight excluding hydrogens is 374 g/mol. The van der Waals surface area contributed by atoms with Crippen LogP contribution in [0.1, 0.15) is 12.5 Å². The summed E-state index contributed by atoms with van der Waals surface area (Å²) in [7, 11) is -3.93. The first kappa shape index (κ1) is 19.8. The van der Waals surface area contributed by atoms with E-state index in [9.17, 15) is 28.1 Å². The van der Waals surface area contributed by atoms with E-state index >= 15 is 0 Å². The van der Waals surface area contributed by atoms with Crippen molar-refractivity contribution < 1.29 is 22.9 Å². The zero-order chi connectivity index (χ0) is 20.0. The molecule has 2 aromatic carbocycles. The van der Waals surface area contributed by atoms with Crippen molar-refractivity contribution in [1.29, 1.82) is 0 Å². The molecule has 0 aliphatic carbocycles. The minimum Gasteiger partial charge on any atom is -0.323 e. The second kappa shape index (κ2) is 8.23. The summed E-state index contributed by atoms with van der Waals surface area (Å²) >= 11 is 0. The number of hydrogen-bond donors (Lipinski definition) is 2. The van der Waals surface area contributed by atoms with Gasteiger partial charge in [0.05, 0.1) is 9.82 Å². The van der Waals surface area contributed by atoms with Gasteiger partial charge in [-0.25, -0.2) is 13.1 Å². The quantitative estimate of drug-likeness (QED) is 0.441. The highest BCUT2D eigenvalue weighted by Gasteiger charge is 2.15. The third kappa shape index (κ3) is 5.75. The second-order valence-corrected chi connectivity index (χ2v) is 7.04. The molecule has 0 aliphatic rings. The molecule has 0 atom stereocenters. The van der Waals surface area contributed by atoms with Crippen LogP contribution in [0, 0.1) is 10.1 Å². The molecule has 0 saturated heterocycles. The highest BCUT2D eigenvalue weighted by atomic mass is 32.2. The van der Waals surface area contributed by atoms with Gasteiger partial charge in [0.1, 0.15) is 0 Å². The van der Waals surface area contributed by atoms with E-state index in [2.05, 4.69) is 5.32 Å². The number of nitrogens with one attached hydrogen (secondary N) is 2. The largest absolute Gasteiger partial charge is 0.323 e. The standard InChI is InChI=1S/C17H15N3O6S/c1-12(21)19-27(25,26)16-9-5-14(6-10-16)18-17(22)11-4-13-2-7-15(8-3-13)20(23)24/h2-11H,1H3,(H,18,22)(H,19,21)/b11-4+. The van der Waals surface area contributed by atoms with Crippen LogP contribution in [0.4, 0.5) is 11.4 Å². The number of rotatable bonds is 6. The van der Waals surface area contributed by atoms with Gasteiger partial charge in [0, 0.05) is 30.8 Å². The molecule has 0 unspecified atom stereocenters. The van der Waals surface area contributed by atoms with Gasteiger partial charge in [0.25, 0.3) is 15.7 Å². The number of nitro benzene ring substituents is 1. The Bertz CT molecular complexity index is 996. The molecule has 2 N–H and O–H groups in total. The molecule has 0 radical (unpaired) electrons. The fourth-order valence-corrected chi connectivity index (χ4v) is 3.02. The predicted octanol–water partition coefficient (Wildman–Crippen LogP) is 2.07. The zero-order valence-electron chi connectivity index (χ0n) is 14.1. The Morgan fingerprint density at radius 3 is 2.15 bits per heavy atom. The summed E-state index contributed by atoms with van der Waals surface area (Å²) in [5.74, 6) is -1.17. The van der Waals surface area contributed by atoms with Crippen molar-refractivity contribution in [2.45, 2.75) is 11.8 Å². The summed E-state index contributed by atoms with van der Waals surface area (Å²) in [4.78, 5) is 32.8. The number of carbonyl (C=O) groups is 2. The van der Waals surface area contributed by atoms with E-state index in [4.69, 9.17) is 0 Å². The highest BCUT2D eigenvalue weighted by molar-refractivity contribution is 7.90. The maximum atomic E-state index is 11.9. The fraction of sp³-hybridized carbons (Fsp3) is 0.0588. The van der Waals surface area contributed by atoms with Gasteiger partial charge in [0.2, 0.25) is 11.8 Å². The minimum atomic E-state index is -3.93. The third-order valence-electron chi connectivity index (χ3n) is 3.24. The molecule has 0 spiro atoms. The highest BCUT2D eigenvalue weighted by Crippen LogP contribution is 2.15. The molecule has 27 heavy (non-hydrogen) atoms. The number of non-ortho nitro benzene ring substituents is 1. The Balaban J connectivity index is 2.01. The Morgan fingerprint density at radius 1 is 1.04 bits per heavy atom. The Hall–Kier alpha value is -3.53. The van der Waals surface area contributed by atoms with Gasteiger partial charge in [-0.05, 0) is 48.0 Å². The molecule has 0 heterocycles. The number of sulfonamides is 1. The van der Waals surface area contributed by atoms with Crippen molar-refractivity contribution in [3.63, 3.8) is 0 Å². The smallest absolute Gasteiger partial charge is 0.269 e. The van der Waals surface area contributed by atoms with Crippen LogP contribution in [-0.4, -0.2) is 25.2 Å². The number of benzene rings is 2. The average Bonchev–Trinajstić information content (AvgIpc) is 2.59. The molecule has 2 amide bonds. The molecule has 0 bridgehead atoms. The monoisotopic (exact) mass is 389 g/mol. The van der Waals surface area contributed by atoms with Crippen molar-refractivity contribution in [2.75, 3.05) is 5.32 Å². The van der Waals surface area contributed by atoms with Gasteiger partial charge in [-0.2, -0.15) is 0 Å². The average molecular weight is 389 g/mol. The first-order valence-corrected chi connectivity index (χ1v) is 9.03. The summed E-state index contributed by atoms with van der Waals surface area (Å²) in [6, 6.07) is 10.9. The zero-order valence-corrected chi connectivity index (χ0v) is 14.9. The first-order valence-electron chi connectivity index (χ1n) is 7.54. The lowest BCUT2D eigenvalue weighted by molar-refractivity contribution is -0.384. The van der Waals surface area contributed by atoms with E-state index in [1.54, 1.807) is 0 Å². The van der Waals surface area contributed by atoms with Crippen molar-refractivity contribution in [3.05, 3.63) is 70.3 Å². The van der Waals surface area contributed by atoms with Crippen LogP contribution >= 0.6 is 0 Å². The van der Waals surface area contributed by atoms with Gasteiger partial charge in [-0.15, -0.1) is 0 Å². The lowest BCUT2D eigenvalue weighted by Gasteiger charge is -2.06. The second-order valence-electron chi connectivity index (χ2n) is 5.36. The van der Waals surface area contributed by atoms with Crippen LogP contribution in [0.15, 0.2) is 59.5 Å². The van der Waals surface area contributed by atoms with E-state index in [0.717, 1.165) is 6.92 Å². The molecule has 0 aromatic heterocycles. The van der Waals surface area contributed by atoms with Crippen molar-refractivity contribution >= 4 is 39.3 Å². The van der Waals surface area contributed by atoms with Gasteiger partial charge in [-0.3, -0.25) is 19.7 Å². The summed E-state index contributed by atoms with van der Waals surface area (Å²) in [6.45, 7) is 1.09. The maximum Gasteiger partial charge on any atom is 0.269 e. The topological polar surface area (TPSA) is 135 Å². The van der Waals surface area contributed by atoms with E-state index in [1.165, 1.54) is 60.7 Å². The van der Waals surface area contributed by atoms with E-state index in [1.807, 2.05) is 4.72 Å². The van der Waals surface area contributed by atoms with Crippen LogP contribution < -0.4 is 10.0 Å². The van der Waals surface area contributed by atoms with Gasteiger partial charge in [-0.1, -0.05) is 0 Å². The summed E-state index contributed by atoms with van der Waals surface area (Å²) in [5, 5.41) is 13.1. The van der Waals surface area contributed by atoms with E-state index < -0.39 is 26.8 Å². The van der Waals surface area contributed by atoms with Gasteiger partial charge < -0.3 is 5.32 Å². The fourth-order valence-electron chi connectivity index (χ4n) is 2.03. The SMILES string of the molecule is CC(=O)NS(=O)(=O)c1ccc(NC(=O)/C=C/c2ccc([N+](=O)[O-])cc2)cc1. The van der Waals surface area contributed by atoms with Gasteiger partial charge in [0.15, 0.2) is 0 Å². The molecule has 10 heteroatoms. The Labute approximate surface area is 154 Å². The normalized spacial score (nSPS) is 11.1. The van der Waals surface area contributed by atoms with E-state index in [-0.39, 0.29) is 10.6 Å².